The molecule has 0 unspecified atom stereocenters. The van der Waals surface area contributed by atoms with E-state index >= 15 is 0 Å². The largest absolute Gasteiger partial charge is 0.508 e. The second-order valence-electron chi connectivity index (χ2n) is 2.23. The lowest BCUT2D eigenvalue weighted by atomic mass is 10.1. The van der Waals surface area contributed by atoms with E-state index in [1.807, 2.05) is 0 Å². The minimum atomic E-state index is -0.189. The van der Waals surface area contributed by atoms with Crippen molar-refractivity contribution in [2.75, 3.05) is 0 Å². The summed E-state index contributed by atoms with van der Waals surface area (Å²) in [6.07, 6.45) is 2.95. The van der Waals surface area contributed by atoms with E-state index in [0.717, 1.165) is 0 Å². The van der Waals surface area contributed by atoms with Crippen molar-refractivity contribution in [2.24, 2.45) is 0 Å². The Kier molecular flexibility index (Phi) is 4.59. The molecule has 1 N–H and O–H groups in total. The molecule has 0 saturated heterocycles. The van der Waals surface area contributed by atoms with Crippen LogP contribution in [0.2, 0.25) is 0 Å². The Labute approximate surface area is 80.4 Å². The van der Waals surface area contributed by atoms with Gasteiger partial charge in [0.05, 0.1) is 5.57 Å². The number of carbonyl (C=O) groups is 1. The number of aliphatic hydroxyl groups excluding tert-OH is 1. The number of carbonyl (C=O) groups excluding carboxylic acids is 1. The summed E-state index contributed by atoms with van der Waals surface area (Å²) in [7, 11) is 0. The van der Waals surface area contributed by atoms with E-state index in [0.29, 0.717) is 4.48 Å². The number of ketones is 1. The molecule has 0 rings (SSSR count). The molecule has 66 valence electrons. The van der Waals surface area contributed by atoms with Crippen molar-refractivity contribution in [2.45, 2.75) is 13.8 Å². The fourth-order valence-corrected chi connectivity index (χ4v) is 0.897. The van der Waals surface area contributed by atoms with Crippen molar-refractivity contribution in [1.82, 2.24) is 0 Å². The van der Waals surface area contributed by atoms with Gasteiger partial charge in [0.2, 0.25) is 0 Å². The molecule has 0 aliphatic rings. The quantitative estimate of drug-likeness (QED) is 0.460. The highest BCUT2D eigenvalue weighted by molar-refractivity contribution is 9.11. The molecular formula is C9H11BrO2. The summed E-state index contributed by atoms with van der Waals surface area (Å²) in [5.74, 6) is -0.214. The van der Waals surface area contributed by atoms with E-state index in [2.05, 4.69) is 22.5 Å². The maximum atomic E-state index is 10.9. The first kappa shape index (κ1) is 11.2. The van der Waals surface area contributed by atoms with E-state index in [4.69, 9.17) is 0 Å². The molecule has 3 heteroatoms. The Balaban J connectivity index is 4.93. The van der Waals surface area contributed by atoms with E-state index in [1.54, 1.807) is 6.92 Å². The molecule has 0 saturated carbocycles. The fourth-order valence-electron chi connectivity index (χ4n) is 0.668. The zero-order valence-corrected chi connectivity index (χ0v) is 8.68. The summed E-state index contributed by atoms with van der Waals surface area (Å²) in [5.41, 5.74) is 0.263. The summed E-state index contributed by atoms with van der Waals surface area (Å²) in [6, 6.07) is 0. The van der Waals surface area contributed by atoms with Crippen LogP contribution in [0.5, 0.6) is 0 Å². The van der Waals surface area contributed by atoms with Crippen LogP contribution < -0.4 is 0 Å². The van der Waals surface area contributed by atoms with Crippen LogP contribution in [0.1, 0.15) is 13.8 Å². The molecule has 0 aliphatic heterocycles. The summed E-state index contributed by atoms with van der Waals surface area (Å²) in [4.78, 5) is 10.9. The van der Waals surface area contributed by atoms with Crippen LogP contribution in [0.4, 0.5) is 0 Å². The van der Waals surface area contributed by atoms with Crippen LogP contribution in [-0.2, 0) is 4.79 Å². The molecule has 0 aromatic heterocycles. The Morgan fingerprint density at radius 2 is 2.08 bits per heavy atom. The van der Waals surface area contributed by atoms with E-state index in [9.17, 15) is 9.90 Å². The highest BCUT2D eigenvalue weighted by Gasteiger charge is 2.07. The fraction of sp³-hybridized carbons (Fsp3) is 0.222. The van der Waals surface area contributed by atoms with Gasteiger partial charge in [-0.1, -0.05) is 22.5 Å². The molecule has 0 heterocycles. The molecule has 0 aromatic rings. The van der Waals surface area contributed by atoms with Crippen molar-refractivity contribution in [3.05, 3.63) is 34.5 Å². The standard InChI is InChI=1S/C9H11BrO2/c1-4-9(12)8(7(3)11)5-6(2)10/h4-5,12H,2H2,1,3H3/b8-5-,9-4+. The van der Waals surface area contributed by atoms with Crippen LogP contribution >= 0.6 is 15.9 Å². The Morgan fingerprint density at radius 3 is 2.33 bits per heavy atom. The minimum absolute atomic E-state index is 0.0249. The van der Waals surface area contributed by atoms with Crippen LogP contribution in [0.25, 0.3) is 0 Å². The average molecular weight is 231 g/mol. The zero-order chi connectivity index (χ0) is 9.72. The lowest BCUT2D eigenvalue weighted by Crippen LogP contribution is -1.99. The van der Waals surface area contributed by atoms with Gasteiger partial charge in [-0.25, -0.2) is 0 Å². The van der Waals surface area contributed by atoms with Gasteiger partial charge < -0.3 is 5.11 Å². The monoisotopic (exact) mass is 230 g/mol. The second-order valence-corrected chi connectivity index (χ2v) is 3.25. The summed E-state index contributed by atoms with van der Waals surface area (Å²) in [5, 5.41) is 9.25. The number of hydrogen-bond donors (Lipinski definition) is 1. The van der Waals surface area contributed by atoms with Gasteiger partial charge in [0.15, 0.2) is 5.78 Å². The predicted molar refractivity (Wildman–Crippen MR) is 53.2 cm³/mol. The zero-order valence-electron chi connectivity index (χ0n) is 7.10. The summed E-state index contributed by atoms with van der Waals surface area (Å²) >= 11 is 3.08. The van der Waals surface area contributed by atoms with Crippen LogP contribution in [0.15, 0.2) is 34.5 Å². The number of rotatable bonds is 3. The van der Waals surface area contributed by atoms with Crippen LogP contribution in [0, 0.1) is 0 Å². The van der Waals surface area contributed by atoms with Gasteiger partial charge in [0.25, 0.3) is 0 Å². The van der Waals surface area contributed by atoms with Gasteiger partial charge in [-0.3, -0.25) is 4.79 Å². The molecule has 0 fully saturated rings. The molecule has 0 aromatic carbocycles. The van der Waals surface area contributed by atoms with Crippen molar-refractivity contribution in [3.8, 4) is 0 Å². The number of hydrogen-bond acceptors (Lipinski definition) is 2. The third-order valence-corrected chi connectivity index (χ3v) is 1.46. The lowest BCUT2D eigenvalue weighted by molar-refractivity contribution is -0.113. The molecule has 0 radical (unpaired) electrons. The van der Waals surface area contributed by atoms with Gasteiger partial charge in [0, 0.05) is 4.48 Å². The topological polar surface area (TPSA) is 37.3 Å². The number of allylic oxidation sites excluding steroid dienone is 4. The molecule has 0 spiro atoms. The predicted octanol–water partition coefficient (Wildman–Crippen LogP) is 2.87. The highest BCUT2D eigenvalue weighted by atomic mass is 79.9. The molecular weight excluding hydrogens is 220 g/mol. The minimum Gasteiger partial charge on any atom is -0.508 e. The Bertz CT molecular complexity index is 262. The average Bonchev–Trinajstić information content (AvgIpc) is 1.98. The molecule has 2 nitrogen and oxygen atoms in total. The van der Waals surface area contributed by atoms with Crippen LogP contribution in [0.3, 0.4) is 0 Å². The molecule has 0 aliphatic carbocycles. The molecule has 12 heavy (non-hydrogen) atoms. The SMILES string of the molecule is C=C(Br)/C=C(C(C)=O)\C(O)=C/C. The first-order valence-corrected chi connectivity index (χ1v) is 4.21. The first-order chi connectivity index (χ1) is 5.49. The van der Waals surface area contributed by atoms with Crippen molar-refractivity contribution in [3.63, 3.8) is 0 Å². The van der Waals surface area contributed by atoms with Gasteiger partial charge in [0.1, 0.15) is 5.76 Å². The van der Waals surface area contributed by atoms with Crippen molar-refractivity contribution >= 4 is 21.7 Å². The number of Topliss-reactive ketones (excluding diaryl/α,β-unsaturated/α-hetero) is 1. The summed E-state index contributed by atoms with van der Waals surface area (Å²) < 4.78 is 0.557. The van der Waals surface area contributed by atoms with E-state index < -0.39 is 0 Å². The normalized spacial score (nSPS) is 12.9. The number of halogens is 1. The van der Waals surface area contributed by atoms with Gasteiger partial charge in [-0.15, -0.1) is 0 Å². The molecule has 0 amide bonds. The lowest BCUT2D eigenvalue weighted by Gasteiger charge is -2.00. The number of aliphatic hydroxyl groups is 1. The third-order valence-electron chi connectivity index (χ3n) is 1.23. The highest BCUT2D eigenvalue weighted by Crippen LogP contribution is 2.13. The Morgan fingerprint density at radius 1 is 1.58 bits per heavy atom. The third kappa shape index (κ3) is 3.53. The molecule has 0 bridgehead atoms. The van der Waals surface area contributed by atoms with Gasteiger partial charge in [-0.2, -0.15) is 0 Å². The van der Waals surface area contributed by atoms with Gasteiger partial charge in [-0.05, 0) is 26.0 Å². The molecule has 0 atom stereocenters. The van der Waals surface area contributed by atoms with Crippen LogP contribution in [-0.4, -0.2) is 10.9 Å². The maximum Gasteiger partial charge on any atom is 0.163 e. The van der Waals surface area contributed by atoms with Crippen molar-refractivity contribution in [1.29, 1.82) is 0 Å². The van der Waals surface area contributed by atoms with E-state index in [-0.39, 0.29) is 17.1 Å². The van der Waals surface area contributed by atoms with Crippen molar-refractivity contribution < 1.29 is 9.90 Å². The van der Waals surface area contributed by atoms with E-state index in [1.165, 1.54) is 19.1 Å². The van der Waals surface area contributed by atoms with Gasteiger partial charge >= 0.3 is 0 Å². The smallest absolute Gasteiger partial charge is 0.163 e. The maximum absolute atomic E-state index is 10.9. The Hall–Kier alpha value is -0.830. The first-order valence-electron chi connectivity index (χ1n) is 3.41. The second kappa shape index (κ2) is 4.93. The summed E-state index contributed by atoms with van der Waals surface area (Å²) in [6.45, 7) is 6.59.